The van der Waals surface area contributed by atoms with E-state index in [9.17, 15) is 4.79 Å². The Kier molecular flexibility index (Phi) is 7.81. The van der Waals surface area contributed by atoms with Gasteiger partial charge in [0, 0.05) is 19.8 Å². The SMILES string of the molecule is CC(C)COCCCNC(=O)CSc1nnnn1C1CCCC1. The van der Waals surface area contributed by atoms with E-state index in [1.165, 1.54) is 24.6 Å². The largest absolute Gasteiger partial charge is 0.381 e. The molecule has 1 amide bonds. The molecule has 0 unspecified atom stereocenters. The fraction of sp³-hybridized carbons (Fsp3) is 0.867. The minimum absolute atomic E-state index is 0.0137. The molecule has 1 fully saturated rings. The first kappa shape index (κ1) is 18.2. The molecule has 1 N–H and O–H groups in total. The molecule has 2 rings (SSSR count). The number of amides is 1. The van der Waals surface area contributed by atoms with Crippen LogP contribution in [0.1, 0.15) is 52.0 Å². The number of ether oxygens (including phenoxy) is 1. The quantitative estimate of drug-likeness (QED) is 0.518. The summed E-state index contributed by atoms with van der Waals surface area (Å²) < 4.78 is 7.36. The highest BCUT2D eigenvalue weighted by Crippen LogP contribution is 2.31. The molecule has 0 aromatic carbocycles. The first-order chi connectivity index (χ1) is 11.2. The Morgan fingerprint density at radius 1 is 1.43 bits per heavy atom. The number of thioether (sulfide) groups is 1. The Morgan fingerprint density at radius 2 is 2.22 bits per heavy atom. The van der Waals surface area contributed by atoms with Crippen molar-refractivity contribution in [2.75, 3.05) is 25.5 Å². The molecular weight excluding hydrogens is 314 g/mol. The summed E-state index contributed by atoms with van der Waals surface area (Å²) in [6.07, 6.45) is 5.55. The molecule has 1 aromatic heterocycles. The Bertz CT molecular complexity index is 474. The monoisotopic (exact) mass is 341 g/mol. The number of hydrogen-bond acceptors (Lipinski definition) is 6. The van der Waals surface area contributed by atoms with Crippen LogP contribution in [-0.2, 0) is 9.53 Å². The van der Waals surface area contributed by atoms with Crippen molar-refractivity contribution >= 4 is 17.7 Å². The van der Waals surface area contributed by atoms with Crippen LogP contribution in [-0.4, -0.2) is 51.6 Å². The summed E-state index contributed by atoms with van der Waals surface area (Å²) in [6.45, 7) is 6.35. The molecule has 130 valence electrons. The van der Waals surface area contributed by atoms with Gasteiger partial charge < -0.3 is 10.1 Å². The number of carbonyl (C=O) groups is 1. The third kappa shape index (κ3) is 6.47. The van der Waals surface area contributed by atoms with Gasteiger partial charge in [0.2, 0.25) is 11.1 Å². The number of rotatable bonds is 10. The normalized spacial score (nSPS) is 15.4. The van der Waals surface area contributed by atoms with Gasteiger partial charge in [-0.2, -0.15) is 0 Å². The van der Waals surface area contributed by atoms with Gasteiger partial charge in [0.1, 0.15) is 0 Å². The lowest BCUT2D eigenvalue weighted by Crippen LogP contribution is -2.27. The number of aromatic nitrogens is 4. The first-order valence-electron chi connectivity index (χ1n) is 8.42. The van der Waals surface area contributed by atoms with Gasteiger partial charge in [0.05, 0.1) is 11.8 Å². The van der Waals surface area contributed by atoms with Gasteiger partial charge in [-0.05, 0) is 35.6 Å². The van der Waals surface area contributed by atoms with E-state index in [1.54, 1.807) is 0 Å². The number of nitrogens with one attached hydrogen (secondary N) is 1. The summed E-state index contributed by atoms with van der Waals surface area (Å²) in [5.41, 5.74) is 0. The third-order valence-corrected chi connectivity index (χ3v) is 4.64. The molecule has 0 aliphatic heterocycles. The summed E-state index contributed by atoms with van der Waals surface area (Å²) in [5.74, 6) is 0.909. The van der Waals surface area contributed by atoms with Crippen LogP contribution < -0.4 is 5.32 Å². The maximum Gasteiger partial charge on any atom is 0.230 e. The highest BCUT2D eigenvalue weighted by molar-refractivity contribution is 7.99. The van der Waals surface area contributed by atoms with E-state index in [4.69, 9.17) is 4.74 Å². The molecule has 1 saturated carbocycles. The van der Waals surface area contributed by atoms with Crippen molar-refractivity contribution in [1.82, 2.24) is 25.5 Å². The Hall–Kier alpha value is -1.15. The molecule has 8 heteroatoms. The summed E-state index contributed by atoms with van der Waals surface area (Å²) in [4.78, 5) is 11.9. The fourth-order valence-electron chi connectivity index (χ4n) is 2.56. The van der Waals surface area contributed by atoms with Crippen LogP contribution >= 0.6 is 11.8 Å². The van der Waals surface area contributed by atoms with Gasteiger partial charge in [-0.25, -0.2) is 4.68 Å². The zero-order chi connectivity index (χ0) is 16.5. The second-order valence-corrected chi connectivity index (χ2v) is 7.25. The second-order valence-electron chi connectivity index (χ2n) is 6.31. The molecule has 1 aliphatic carbocycles. The number of tetrazole rings is 1. The van der Waals surface area contributed by atoms with Crippen molar-refractivity contribution in [2.45, 2.75) is 57.1 Å². The van der Waals surface area contributed by atoms with Crippen LogP contribution in [0.3, 0.4) is 0 Å². The predicted molar refractivity (Wildman–Crippen MR) is 89.3 cm³/mol. The average Bonchev–Trinajstić information content (AvgIpc) is 3.18. The van der Waals surface area contributed by atoms with Crippen LogP contribution in [0.4, 0.5) is 0 Å². The average molecular weight is 341 g/mol. The van der Waals surface area contributed by atoms with Gasteiger partial charge in [0.25, 0.3) is 0 Å². The van der Waals surface area contributed by atoms with Crippen LogP contribution in [0.15, 0.2) is 5.16 Å². The molecule has 0 atom stereocenters. The first-order valence-corrected chi connectivity index (χ1v) is 9.40. The summed E-state index contributed by atoms with van der Waals surface area (Å²) in [6, 6.07) is 0.397. The lowest BCUT2D eigenvalue weighted by Gasteiger charge is -2.11. The van der Waals surface area contributed by atoms with Crippen molar-refractivity contribution < 1.29 is 9.53 Å². The molecule has 0 bridgehead atoms. The van der Waals surface area contributed by atoms with Crippen LogP contribution in [0.2, 0.25) is 0 Å². The van der Waals surface area contributed by atoms with E-state index in [0.717, 1.165) is 31.0 Å². The lowest BCUT2D eigenvalue weighted by molar-refractivity contribution is -0.118. The molecule has 0 spiro atoms. The molecule has 23 heavy (non-hydrogen) atoms. The van der Waals surface area contributed by atoms with Crippen molar-refractivity contribution in [3.8, 4) is 0 Å². The van der Waals surface area contributed by atoms with Crippen molar-refractivity contribution in [1.29, 1.82) is 0 Å². The molecule has 7 nitrogen and oxygen atoms in total. The molecule has 1 heterocycles. The summed E-state index contributed by atoms with van der Waals surface area (Å²) in [7, 11) is 0. The molecule has 1 aromatic rings. The third-order valence-electron chi connectivity index (χ3n) is 3.70. The summed E-state index contributed by atoms with van der Waals surface area (Å²) in [5, 5.41) is 15.5. The highest BCUT2D eigenvalue weighted by Gasteiger charge is 2.21. The van der Waals surface area contributed by atoms with Crippen LogP contribution in [0.25, 0.3) is 0 Å². The Labute approximate surface area is 141 Å². The van der Waals surface area contributed by atoms with Gasteiger partial charge in [-0.15, -0.1) is 5.10 Å². The van der Waals surface area contributed by atoms with Crippen LogP contribution in [0.5, 0.6) is 0 Å². The molecule has 1 aliphatic rings. The predicted octanol–water partition coefficient (Wildman–Crippen LogP) is 2.06. The number of nitrogens with zero attached hydrogens (tertiary/aromatic N) is 4. The van der Waals surface area contributed by atoms with E-state index in [-0.39, 0.29) is 5.91 Å². The zero-order valence-electron chi connectivity index (χ0n) is 14.0. The van der Waals surface area contributed by atoms with Crippen molar-refractivity contribution in [3.63, 3.8) is 0 Å². The van der Waals surface area contributed by atoms with Crippen LogP contribution in [0, 0.1) is 5.92 Å². The summed E-state index contributed by atoms with van der Waals surface area (Å²) >= 11 is 1.40. The van der Waals surface area contributed by atoms with E-state index in [1.807, 2.05) is 4.68 Å². The standard InChI is InChI=1S/C15H27N5O2S/c1-12(2)10-22-9-5-8-16-14(21)11-23-15-17-18-19-20(15)13-6-3-4-7-13/h12-13H,3-11H2,1-2H3,(H,16,21). The number of hydrogen-bond donors (Lipinski definition) is 1. The van der Waals surface area contributed by atoms with E-state index in [0.29, 0.717) is 30.9 Å². The maximum absolute atomic E-state index is 11.9. The molecule has 0 radical (unpaired) electrons. The minimum Gasteiger partial charge on any atom is -0.381 e. The van der Waals surface area contributed by atoms with E-state index < -0.39 is 0 Å². The minimum atomic E-state index is 0.0137. The number of carbonyl (C=O) groups excluding carboxylic acids is 1. The van der Waals surface area contributed by atoms with E-state index >= 15 is 0 Å². The Morgan fingerprint density at radius 3 is 2.96 bits per heavy atom. The smallest absolute Gasteiger partial charge is 0.230 e. The lowest BCUT2D eigenvalue weighted by atomic mass is 10.2. The topological polar surface area (TPSA) is 81.9 Å². The zero-order valence-corrected chi connectivity index (χ0v) is 14.8. The fourth-order valence-corrected chi connectivity index (χ4v) is 3.34. The van der Waals surface area contributed by atoms with Gasteiger partial charge in [0.15, 0.2) is 0 Å². The Balaban J connectivity index is 1.60. The molecular formula is C15H27N5O2S. The van der Waals surface area contributed by atoms with E-state index in [2.05, 4.69) is 34.7 Å². The van der Waals surface area contributed by atoms with Crippen molar-refractivity contribution in [2.24, 2.45) is 5.92 Å². The van der Waals surface area contributed by atoms with Gasteiger partial charge >= 0.3 is 0 Å². The maximum atomic E-state index is 11.9. The molecule has 0 saturated heterocycles. The highest BCUT2D eigenvalue weighted by atomic mass is 32.2. The van der Waals surface area contributed by atoms with Gasteiger partial charge in [-0.3, -0.25) is 4.79 Å². The second kappa shape index (κ2) is 9.87. The van der Waals surface area contributed by atoms with Gasteiger partial charge in [-0.1, -0.05) is 38.5 Å². The van der Waals surface area contributed by atoms with Crippen molar-refractivity contribution in [3.05, 3.63) is 0 Å².